The van der Waals surface area contributed by atoms with Crippen LogP contribution in [-0.2, 0) is 9.47 Å². The van der Waals surface area contributed by atoms with Gasteiger partial charge in [-0.3, -0.25) is 0 Å². The third-order valence-electron chi connectivity index (χ3n) is 4.99. The average Bonchev–Trinajstić information content (AvgIpc) is 2.93. The maximum absolute atomic E-state index is 6.54. The zero-order valence-corrected chi connectivity index (χ0v) is 11.9. The van der Waals surface area contributed by atoms with Gasteiger partial charge in [-0.15, -0.1) is 0 Å². The molecule has 3 heterocycles. The molecule has 104 valence electrons. The van der Waals surface area contributed by atoms with Crippen LogP contribution in [-0.4, -0.2) is 43.0 Å². The van der Waals surface area contributed by atoms with Crippen LogP contribution in [0, 0.1) is 11.8 Å². The molecule has 0 bridgehead atoms. The summed E-state index contributed by atoms with van der Waals surface area (Å²) < 4.78 is 11.6. The lowest BCUT2D eigenvalue weighted by molar-refractivity contribution is -0.150. The topological polar surface area (TPSA) is 44.5 Å². The highest BCUT2D eigenvalue weighted by molar-refractivity contribution is 7.99. The smallest absolute Gasteiger partial charge is 0.0729 e. The van der Waals surface area contributed by atoms with Gasteiger partial charge in [0.05, 0.1) is 5.60 Å². The van der Waals surface area contributed by atoms with Gasteiger partial charge in [0.15, 0.2) is 0 Å². The van der Waals surface area contributed by atoms with E-state index in [9.17, 15) is 0 Å². The van der Waals surface area contributed by atoms with Gasteiger partial charge in [-0.2, -0.15) is 11.8 Å². The first-order chi connectivity index (χ1) is 8.79. The number of rotatable bonds is 2. The minimum absolute atomic E-state index is 0.102. The van der Waals surface area contributed by atoms with E-state index in [0.29, 0.717) is 12.0 Å². The van der Waals surface area contributed by atoms with Gasteiger partial charge in [0.2, 0.25) is 0 Å². The summed E-state index contributed by atoms with van der Waals surface area (Å²) >= 11 is 2.07. The monoisotopic (exact) mass is 271 g/mol. The van der Waals surface area contributed by atoms with Crippen molar-refractivity contribution in [1.82, 2.24) is 0 Å². The number of hydrogen-bond acceptors (Lipinski definition) is 4. The van der Waals surface area contributed by atoms with Gasteiger partial charge in [0.1, 0.15) is 0 Å². The number of thioether (sulfide) groups is 1. The highest BCUT2D eigenvalue weighted by Crippen LogP contribution is 2.40. The fourth-order valence-electron chi connectivity index (χ4n) is 3.73. The summed E-state index contributed by atoms with van der Waals surface area (Å²) in [7, 11) is 0. The summed E-state index contributed by atoms with van der Waals surface area (Å²) in [6.45, 7) is 2.63. The molecule has 3 aliphatic rings. The van der Waals surface area contributed by atoms with Crippen LogP contribution in [0.15, 0.2) is 0 Å². The normalized spacial score (nSPS) is 37.8. The SMILES string of the molecule is NC(C1CCSC1)C1CCOC2(CCOCC2)C1. The first-order valence-electron chi connectivity index (χ1n) is 7.34. The van der Waals surface area contributed by atoms with Crippen molar-refractivity contribution >= 4 is 11.8 Å². The van der Waals surface area contributed by atoms with Gasteiger partial charge in [-0.25, -0.2) is 0 Å². The van der Waals surface area contributed by atoms with E-state index in [1.165, 1.54) is 24.3 Å². The molecule has 3 aliphatic heterocycles. The number of nitrogens with two attached hydrogens (primary N) is 1. The van der Waals surface area contributed by atoms with Crippen LogP contribution < -0.4 is 5.73 Å². The van der Waals surface area contributed by atoms with Crippen molar-refractivity contribution in [3.05, 3.63) is 0 Å². The molecule has 3 saturated heterocycles. The van der Waals surface area contributed by atoms with Crippen molar-refractivity contribution in [2.24, 2.45) is 17.6 Å². The molecule has 3 atom stereocenters. The molecule has 0 aromatic carbocycles. The van der Waals surface area contributed by atoms with Crippen LogP contribution in [0.25, 0.3) is 0 Å². The second-order valence-corrected chi connectivity index (χ2v) is 7.25. The zero-order chi connectivity index (χ0) is 12.4. The van der Waals surface area contributed by atoms with Crippen LogP contribution in [0.4, 0.5) is 0 Å². The molecule has 0 amide bonds. The van der Waals surface area contributed by atoms with Crippen LogP contribution in [0.5, 0.6) is 0 Å². The van der Waals surface area contributed by atoms with Crippen molar-refractivity contribution in [1.29, 1.82) is 0 Å². The molecule has 1 spiro atoms. The van der Waals surface area contributed by atoms with Crippen molar-refractivity contribution in [3.8, 4) is 0 Å². The summed E-state index contributed by atoms with van der Waals surface area (Å²) in [5.74, 6) is 3.99. The van der Waals surface area contributed by atoms with Crippen LogP contribution in [0.1, 0.15) is 32.1 Å². The quantitative estimate of drug-likeness (QED) is 0.835. The van der Waals surface area contributed by atoms with E-state index >= 15 is 0 Å². The van der Waals surface area contributed by atoms with Gasteiger partial charge >= 0.3 is 0 Å². The molecule has 0 aromatic heterocycles. The summed E-state index contributed by atoms with van der Waals surface area (Å²) in [6.07, 6.45) is 5.77. The third-order valence-corrected chi connectivity index (χ3v) is 6.18. The Balaban J connectivity index is 1.62. The average molecular weight is 271 g/mol. The van der Waals surface area contributed by atoms with E-state index in [-0.39, 0.29) is 5.60 Å². The second kappa shape index (κ2) is 5.70. The molecule has 0 aliphatic carbocycles. The Morgan fingerprint density at radius 3 is 2.67 bits per heavy atom. The zero-order valence-electron chi connectivity index (χ0n) is 11.1. The summed E-state index contributed by atoms with van der Waals surface area (Å²) in [4.78, 5) is 0. The van der Waals surface area contributed by atoms with Gasteiger partial charge < -0.3 is 15.2 Å². The summed E-state index contributed by atoms with van der Waals surface area (Å²) in [5, 5.41) is 0. The van der Waals surface area contributed by atoms with Gasteiger partial charge in [0, 0.05) is 25.9 Å². The van der Waals surface area contributed by atoms with E-state index in [2.05, 4.69) is 11.8 Å². The van der Waals surface area contributed by atoms with E-state index in [4.69, 9.17) is 15.2 Å². The number of hydrogen-bond donors (Lipinski definition) is 1. The molecule has 0 radical (unpaired) electrons. The molecule has 3 rings (SSSR count). The van der Waals surface area contributed by atoms with Gasteiger partial charge in [-0.1, -0.05) is 0 Å². The van der Waals surface area contributed by atoms with Crippen LogP contribution >= 0.6 is 11.8 Å². The van der Waals surface area contributed by atoms with Crippen LogP contribution in [0.3, 0.4) is 0 Å². The Morgan fingerprint density at radius 1 is 1.11 bits per heavy atom. The van der Waals surface area contributed by atoms with E-state index in [0.717, 1.165) is 45.0 Å². The first kappa shape index (κ1) is 13.2. The Bertz CT molecular complexity index is 269. The molecular formula is C14H25NO2S. The van der Waals surface area contributed by atoms with E-state index in [1.54, 1.807) is 0 Å². The van der Waals surface area contributed by atoms with Crippen molar-refractivity contribution < 1.29 is 9.47 Å². The maximum Gasteiger partial charge on any atom is 0.0729 e. The van der Waals surface area contributed by atoms with Crippen molar-refractivity contribution in [2.75, 3.05) is 31.3 Å². The Morgan fingerprint density at radius 2 is 1.94 bits per heavy atom. The minimum atomic E-state index is 0.102. The summed E-state index contributed by atoms with van der Waals surface area (Å²) in [5.41, 5.74) is 6.65. The number of ether oxygens (including phenoxy) is 2. The Kier molecular flexibility index (Phi) is 4.18. The fraction of sp³-hybridized carbons (Fsp3) is 1.00. The Hall–Kier alpha value is 0.230. The van der Waals surface area contributed by atoms with Crippen molar-refractivity contribution in [2.45, 2.75) is 43.7 Å². The lowest BCUT2D eigenvalue weighted by Gasteiger charge is -2.45. The molecule has 18 heavy (non-hydrogen) atoms. The molecule has 0 aromatic rings. The molecule has 2 N–H and O–H groups in total. The predicted octanol–water partition coefficient (Wildman–Crippen LogP) is 2.04. The molecule has 3 unspecified atom stereocenters. The predicted molar refractivity (Wildman–Crippen MR) is 74.9 cm³/mol. The Labute approximate surface area is 114 Å². The maximum atomic E-state index is 6.54. The van der Waals surface area contributed by atoms with Gasteiger partial charge in [0.25, 0.3) is 0 Å². The molecule has 0 saturated carbocycles. The first-order valence-corrected chi connectivity index (χ1v) is 8.50. The lowest BCUT2D eigenvalue weighted by atomic mass is 9.75. The van der Waals surface area contributed by atoms with Gasteiger partial charge in [-0.05, 0) is 55.4 Å². The third kappa shape index (κ3) is 2.72. The van der Waals surface area contributed by atoms with E-state index in [1.807, 2.05) is 0 Å². The highest BCUT2D eigenvalue weighted by Gasteiger charge is 2.42. The summed E-state index contributed by atoms with van der Waals surface area (Å²) in [6, 6.07) is 0.392. The fourth-order valence-corrected chi connectivity index (χ4v) is 5.05. The minimum Gasteiger partial charge on any atom is -0.381 e. The molecule has 3 fully saturated rings. The van der Waals surface area contributed by atoms with E-state index < -0.39 is 0 Å². The van der Waals surface area contributed by atoms with Crippen molar-refractivity contribution in [3.63, 3.8) is 0 Å². The molecular weight excluding hydrogens is 246 g/mol. The largest absolute Gasteiger partial charge is 0.381 e. The molecule has 4 heteroatoms. The highest BCUT2D eigenvalue weighted by atomic mass is 32.2. The lowest BCUT2D eigenvalue weighted by Crippen LogP contribution is -2.50. The standard InChI is InChI=1S/C14H25NO2S/c15-13(12-2-8-18-10-12)11-1-5-17-14(9-11)3-6-16-7-4-14/h11-13H,1-10,15H2. The second-order valence-electron chi connectivity index (χ2n) is 6.10. The molecule has 3 nitrogen and oxygen atoms in total. The van der Waals surface area contributed by atoms with Crippen LogP contribution in [0.2, 0.25) is 0 Å².